The zero-order chi connectivity index (χ0) is 22.0. The van der Waals surface area contributed by atoms with Crippen LogP contribution >= 0.6 is 23.4 Å². The molecule has 31 heavy (non-hydrogen) atoms. The first kappa shape index (κ1) is 20.9. The number of benzene rings is 2. The Morgan fingerprint density at radius 2 is 2.00 bits per heavy atom. The maximum atomic E-state index is 13.2. The van der Waals surface area contributed by atoms with Crippen LogP contribution < -0.4 is 11.2 Å². The van der Waals surface area contributed by atoms with Crippen LogP contribution in [0.1, 0.15) is 5.56 Å². The number of aromatic amines is 1. The Bertz CT molecular complexity index is 1240. The number of hydrogen-bond acceptors (Lipinski definition) is 6. The van der Waals surface area contributed by atoms with Gasteiger partial charge >= 0.3 is 0 Å². The molecule has 4 N–H and O–H groups in total. The van der Waals surface area contributed by atoms with Crippen molar-refractivity contribution in [2.75, 3.05) is 16.9 Å². The van der Waals surface area contributed by atoms with Crippen molar-refractivity contribution < 1.29 is 9.18 Å². The lowest BCUT2D eigenvalue weighted by atomic mass is 10.1. The van der Waals surface area contributed by atoms with Crippen LogP contribution in [0.2, 0.25) is 5.02 Å². The summed E-state index contributed by atoms with van der Waals surface area (Å²) in [6, 6.07) is 13.8. The molecule has 0 spiro atoms. The average Bonchev–Trinajstić information content (AvgIpc) is 3.36. The van der Waals surface area contributed by atoms with Gasteiger partial charge in [-0.2, -0.15) is 5.10 Å². The highest BCUT2D eigenvalue weighted by Crippen LogP contribution is 2.25. The van der Waals surface area contributed by atoms with E-state index in [-0.39, 0.29) is 16.7 Å². The maximum absolute atomic E-state index is 13.2. The van der Waals surface area contributed by atoms with Crippen molar-refractivity contribution in [3.8, 4) is 22.8 Å². The third-order valence-corrected chi connectivity index (χ3v) is 5.60. The largest absolute Gasteiger partial charge is 0.335 e. The van der Waals surface area contributed by atoms with Crippen LogP contribution in [0.4, 0.5) is 10.1 Å². The molecule has 0 saturated heterocycles. The second kappa shape index (κ2) is 8.78. The number of rotatable bonds is 6. The molecule has 0 saturated carbocycles. The standard InChI is InChI=1S/C20H17ClFN7OS/c1-11-2-4-12(5-3-11)16-9-17(26-25-16)19-27-28-20(29(19)23)31-10-18(30)24-13-6-7-15(22)14(21)8-13/h2-9H,10,23H2,1H3,(H,24,30)(H,25,26). The molecule has 8 nitrogen and oxygen atoms in total. The number of nitrogens with one attached hydrogen (secondary N) is 2. The van der Waals surface area contributed by atoms with Gasteiger partial charge in [0, 0.05) is 11.3 Å². The molecule has 4 aromatic rings. The van der Waals surface area contributed by atoms with E-state index in [1.165, 1.54) is 22.9 Å². The molecule has 0 unspecified atom stereocenters. The van der Waals surface area contributed by atoms with Gasteiger partial charge in [0.05, 0.1) is 16.5 Å². The number of amides is 1. The summed E-state index contributed by atoms with van der Waals surface area (Å²) in [6.07, 6.45) is 0. The molecule has 158 valence electrons. The highest BCUT2D eigenvalue weighted by molar-refractivity contribution is 7.99. The minimum Gasteiger partial charge on any atom is -0.335 e. The molecule has 0 bridgehead atoms. The summed E-state index contributed by atoms with van der Waals surface area (Å²) in [7, 11) is 0. The third kappa shape index (κ3) is 4.70. The van der Waals surface area contributed by atoms with E-state index in [9.17, 15) is 9.18 Å². The number of nitrogens with zero attached hydrogens (tertiary/aromatic N) is 4. The Balaban J connectivity index is 1.42. The predicted molar refractivity (Wildman–Crippen MR) is 119 cm³/mol. The molecule has 0 atom stereocenters. The lowest BCUT2D eigenvalue weighted by Gasteiger charge is -2.06. The second-order valence-corrected chi connectivity index (χ2v) is 8.02. The number of thioether (sulfide) groups is 1. The SMILES string of the molecule is Cc1ccc(-c2cc(-c3nnc(SCC(=O)Nc4ccc(F)c(Cl)c4)n3N)[nH]n2)cc1. The topological polar surface area (TPSA) is 115 Å². The Labute approximate surface area is 186 Å². The van der Waals surface area contributed by atoms with Crippen LogP contribution in [0, 0.1) is 12.7 Å². The van der Waals surface area contributed by atoms with Crippen LogP contribution in [0.5, 0.6) is 0 Å². The molecule has 0 aliphatic heterocycles. The molecule has 0 aliphatic carbocycles. The van der Waals surface area contributed by atoms with E-state index in [1.54, 1.807) is 0 Å². The first-order valence-electron chi connectivity index (χ1n) is 9.12. The van der Waals surface area contributed by atoms with E-state index >= 15 is 0 Å². The van der Waals surface area contributed by atoms with Crippen molar-refractivity contribution in [1.82, 2.24) is 25.1 Å². The van der Waals surface area contributed by atoms with Crippen molar-refractivity contribution in [1.29, 1.82) is 0 Å². The van der Waals surface area contributed by atoms with Crippen LogP contribution in [-0.4, -0.2) is 36.7 Å². The zero-order valence-corrected chi connectivity index (χ0v) is 17.8. The van der Waals surface area contributed by atoms with Gasteiger partial charge in [0.1, 0.15) is 11.5 Å². The molecule has 2 heterocycles. The van der Waals surface area contributed by atoms with Crippen molar-refractivity contribution in [2.45, 2.75) is 12.1 Å². The number of aryl methyl sites for hydroxylation is 1. The fourth-order valence-electron chi connectivity index (χ4n) is 2.77. The maximum Gasteiger partial charge on any atom is 0.234 e. The first-order valence-corrected chi connectivity index (χ1v) is 10.5. The Hall–Kier alpha value is -3.37. The monoisotopic (exact) mass is 457 g/mol. The molecule has 2 aromatic heterocycles. The lowest BCUT2D eigenvalue weighted by molar-refractivity contribution is -0.113. The van der Waals surface area contributed by atoms with Gasteiger partial charge in [0.25, 0.3) is 0 Å². The normalized spacial score (nSPS) is 10.9. The highest BCUT2D eigenvalue weighted by atomic mass is 35.5. The number of anilines is 1. The zero-order valence-electron chi connectivity index (χ0n) is 16.3. The quantitative estimate of drug-likeness (QED) is 0.299. The smallest absolute Gasteiger partial charge is 0.234 e. The number of nitrogens with two attached hydrogens (primary N) is 1. The fraction of sp³-hybridized carbons (Fsp3) is 0.100. The molecule has 0 fully saturated rings. The van der Waals surface area contributed by atoms with Crippen LogP contribution in [-0.2, 0) is 4.79 Å². The van der Waals surface area contributed by atoms with Crippen molar-refractivity contribution in [3.63, 3.8) is 0 Å². The summed E-state index contributed by atoms with van der Waals surface area (Å²) in [6.45, 7) is 2.02. The molecule has 1 amide bonds. The van der Waals surface area contributed by atoms with Crippen LogP contribution in [0.25, 0.3) is 22.8 Å². The van der Waals surface area contributed by atoms with Gasteiger partial charge in [-0.3, -0.25) is 9.89 Å². The van der Waals surface area contributed by atoms with Gasteiger partial charge in [-0.05, 0) is 31.2 Å². The minimum atomic E-state index is -0.554. The van der Waals surface area contributed by atoms with Crippen molar-refractivity contribution in [2.24, 2.45) is 0 Å². The molecule has 11 heteroatoms. The van der Waals surface area contributed by atoms with Crippen molar-refractivity contribution >= 4 is 35.0 Å². The summed E-state index contributed by atoms with van der Waals surface area (Å²) in [5.74, 6) is 5.66. The van der Waals surface area contributed by atoms with E-state index in [0.717, 1.165) is 28.6 Å². The van der Waals surface area contributed by atoms with Crippen LogP contribution in [0.3, 0.4) is 0 Å². The summed E-state index contributed by atoms with van der Waals surface area (Å²) >= 11 is 6.83. The molecule has 2 aromatic carbocycles. The molecular formula is C20H17ClFN7OS. The number of halogens is 2. The van der Waals surface area contributed by atoms with E-state index in [1.807, 2.05) is 37.3 Å². The third-order valence-electron chi connectivity index (χ3n) is 4.37. The summed E-state index contributed by atoms with van der Waals surface area (Å²) in [5, 5.41) is 18.3. The Kier molecular flexibility index (Phi) is 5.92. The predicted octanol–water partition coefficient (Wildman–Crippen LogP) is 3.88. The highest BCUT2D eigenvalue weighted by Gasteiger charge is 2.16. The second-order valence-electron chi connectivity index (χ2n) is 6.67. The summed E-state index contributed by atoms with van der Waals surface area (Å²) < 4.78 is 14.5. The van der Waals surface area contributed by atoms with E-state index in [2.05, 4.69) is 25.7 Å². The van der Waals surface area contributed by atoms with Gasteiger partial charge in [-0.1, -0.05) is 53.2 Å². The Morgan fingerprint density at radius 1 is 1.23 bits per heavy atom. The lowest BCUT2D eigenvalue weighted by Crippen LogP contribution is -2.16. The number of hydrogen-bond donors (Lipinski definition) is 3. The van der Waals surface area contributed by atoms with Gasteiger partial charge in [-0.25, -0.2) is 9.07 Å². The van der Waals surface area contributed by atoms with Gasteiger partial charge < -0.3 is 11.2 Å². The number of nitrogen functional groups attached to an aromatic ring is 1. The van der Waals surface area contributed by atoms with Crippen molar-refractivity contribution in [3.05, 3.63) is 64.9 Å². The Morgan fingerprint density at radius 3 is 2.74 bits per heavy atom. The van der Waals surface area contributed by atoms with Gasteiger partial charge in [-0.15, -0.1) is 10.2 Å². The molecule has 4 rings (SSSR count). The number of aromatic nitrogens is 5. The number of H-pyrrole nitrogens is 1. The van der Waals surface area contributed by atoms with Gasteiger partial charge in [0.15, 0.2) is 0 Å². The average molecular weight is 458 g/mol. The van der Waals surface area contributed by atoms with E-state index in [4.69, 9.17) is 17.4 Å². The fourth-order valence-corrected chi connectivity index (χ4v) is 3.61. The molecular weight excluding hydrogens is 441 g/mol. The molecule has 0 radical (unpaired) electrons. The van der Waals surface area contributed by atoms with Gasteiger partial charge in [0.2, 0.25) is 16.9 Å². The number of carbonyl (C=O) groups is 1. The summed E-state index contributed by atoms with van der Waals surface area (Å²) in [4.78, 5) is 12.2. The summed E-state index contributed by atoms with van der Waals surface area (Å²) in [5.41, 5.74) is 3.87. The first-order chi connectivity index (χ1) is 14.9. The van der Waals surface area contributed by atoms with E-state index < -0.39 is 5.82 Å². The minimum absolute atomic E-state index is 0.0297. The van der Waals surface area contributed by atoms with E-state index in [0.29, 0.717) is 22.4 Å². The van der Waals surface area contributed by atoms with Crippen LogP contribution in [0.15, 0.2) is 53.7 Å². The number of carbonyl (C=O) groups excluding carboxylic acids is 1. The molecule has 0 aliphatic rings.